The van der Waals surface area contributed by atoms with Gasteiger partial charge in [-0.1, -0.05) is 0 Å². The Labute approximate surface area is 90.3 Å². The number of H-pyrrole nitrogens is 1. The molecule has 0 radical (unpaired) electrons. The van der Waals surface area contributed by atoms with Gasteiger partial charge in [0.15, 0.2) is 0 Å². The lowest BCUT2D eigenvalue weighted by Gasteiger charge is -2.13. The highest BCUT2D eigenvalue weighted by atomic mass is 16.5. The Balaban J connectivity index is 3.30. The lowest BCUT2D eigenvalue weighted by Crippen LogP contribution is -2.35. The molecule has 1 unspecified atom stereocenters. The summed E-state index contributed by atoms with van der Waals surface area (Å²) < 4.78 is 5.96. The van der Waals surface area contributed by atoms with E-state index in [2.05, 4.69) is 0 Å². The van der Waals surface area contributed by atoms with Crippen LogP contribution in [-0.2, 0) is 4.74 Å². The van der Waals surface area contributed by atoms with Crippen LogP contribution in [0.3, 0.4) is 0 Å². The molecule has 88 valence electrons. The van der Waals surface area contributed by atoms with Crippen LogP contribution in [0.2, 0.25) is 0 Å². The van der Waals surface area contributed by atoms with Crippen LogP contribution in [0.25, 0.3) is 0 Å². The number of carboxylic acid groups (broad SMARTS) is 1. The standard InChI is InChI=1S/C9H12N2O5/c1-5(4-16-2)11-3-6(8(13)14)7(12)10-9(11)15/h3,5H,4H2,1-2H3,(H,13,14)(H,10,12,15). The van der Waals surface area contributed by atoms with Crippen molar-refractivity contribution in [3.8, 4) is 0 Å². The maximum atomic E-state index is 11.4. The number of aromatic carboxylic acids is 1. The lowest BCUT2D eigenvalue weighted by atomic mass is 10.3. The quantitative estimate of drug-likeness (QED) is 0.719. The Kier molecular flexibility index (Phi) is 3.62. The monoisotopic (exact) mass is 228 g/mol. The van der Waals surface area contributed by atoms with Gasteiger partial charge in [-0.25, -0.2) is 9.59 Å². The van der Waals surface area contributed by atoms with Gasteiger partial charge in [0.25, 0.3) is 5.56 Å². The summed E-state index contributed by atoms with van der Waals surface area (Å²) in [6.07, 6.45) is 1.02. The van der Waals surface area contributed by atoms with Gasteiger partial charge in [0.2, 0.25) is 0 Å². The van der Waals surface area contributed by atoms with Crippen LogP contribution in [-0.4, -0.2) is 34.3 Å². The first kappa shape index (κ1) is 12.2. The maximum absolute atomic E-state index is 11.4. The molecule has 1 aromatic heterocycles. The van der Waals surface area contributed by atoms with E-state index < -0.39 is 22.8 Å². The molecule has 0 bridgehead atoms. The number of hydrogen-bond acceptors (Lipinski definition) is 4. The molecular formula is C9H12N2O5. The predicted octanol–water partition coefficient (Wildman–Crippen LogP) is -0.558. The van der Waals surface area contributed by atoms with Gasteiger partial charge >= 0.3 is 11.7 Å². The molecule has 0 spiro atoms. The van der Waals surface area contributed by atoms with Crippen molar-refractivity contribution in [3.63, 3.8) is 0 Å². The summed E-state index contributed by atoms with van der Waals surface area (Å²) in [5.41, 5.74) is -2.03. The fourth-order valence-corrected chi connectivity index (χ4v) is 1.29. The van der Waals surface area contributed by atoms with Crippen LogP contribution in [0, 0.1) is 0 Å². The lowest BCUT2D eigenvalue weighted by molar-refractivity contribution is 0.0692. The van der Waals surface area contributed by atoms with E-state index >= 15 is 0 Å². The van der Waals surface area contributed by atoms with E-state index in [1.165, 1.54) is 7.11 Å². The number of aromatic nitrogens is 2. The van der Waals surface area contributed by atoms with Gasteiger partial charge in [-0.2, -0.15) is 0 Å². The van der Waals surface area contributed by atoms with Crippen molar-refractivity contribution in [2.45, 2.75) is 13.0 Å². The number of ether oxygens (including phenoxy) is 1. The first-order valence-corrected chi connectivity index (χ1v) is 4.55. The van der Waals surface area contributed by atoms with Gasteiger partial charge in [0.05, 0.1) is 12.6 Å². The zero-order chi connectivity index (χ0) is 12.3. The molecule has 7 nitrogen and oxygen atoms in total. The third-order valence-electron chi connectivity index (χ3n) is 2.08. The van der Waals surface area contributed by atoms with E-state index in [1.54, 1.807) is 6.92 Å². The highest BCUT2D eigenvalue weighted by molar-refractivity contribution is 5.86. The number of carboxylic acids is 1. The molecule has 0 aromatic carbocycles. The van der Waals surface area contributed by atoms with Crippen LogP contribution < -0.4 is 11.2 Å². The number of nitrogens with zero attached hydrogens (tertiary/aromatic N) is 1. The molecule has 16 heavy (non-hydrogen) atoms. The van der Waals surface area contributed by atoms with E-state index in [0.717, 1.165) is 10.8 Å². The number of rotatable bonds is 4. The highest BCUT2D eigenvalue weighted by Gasteiger charge is 2.14. The topological polar surface area (TPSA) is 101 Å². The van der Waals surface area contributed by atoms with Crippen molar-refractivity contribution in [2.24, 2.45) is 0 Å². The summed E-state index contributed by atoms with van der Waals surface area (Å²) in [6, 6.07) is -0.354. The largest absolute Gasteiger partial charge is 0.477 e. The Morgan fingerprint density at radius 1 is 1.62 bits per heavy atom. The Morgan fingerprint density at radius 2 is 2.25 bits per heavy atom. The molecule has 2 N–H and O–H groups in total. The van der Waals surface area contributed by atoms with Gasteiger partial charge in [-0.15, -0.1) is 0 Å². The van der Waals surface area contributed by atoms with Crippen molar-refractivity contribution in [1.82, 2.24) is 9.55 Å². The summed E-state index contributed by atoms with van der Waals surface area (Å²) in [4.78, 5) is 35.2. The molecule has 1 atom stereocenters. The third-order valence-corrected chi connectivity index (χ3v) is 2.08. The van der Waals surface area contributed by atoms with E-state index in [4.69, 9.17) is 9.84 Å². The second-order valence-corrected chi connectivity index (χ2v) is 3.32. The normalized spacial score (nSPS) is 12.4. The van der Waals surface area contributed by atoms with E-state index in [-0.39, 0.29) is 12.6 Å². The van der Waals surface area contributed by atoms with Crippen LogP contribution >= 0.6 is 0 Å². The molecule has 0 fully saturated rings. The Hall–Kier alpha value is -1.89. The first-order valence-electron chi connectivity index (χ1n) is 4.55. The first-order chi connectivity index (χ1) is 7.47. The third kappa shape index (κ3) is 2.37. The summed E-state index contributed by atoms with van der Waals surface area (Å²) in [5, 5.41) is 8.73. The Morgan fingerprint density at radius 3 is 2.75 bits per heavy atom. The van der Waals surface area contributed by atoms with Crippen molar-refractivity contribution >= 4 is 5.97 Å². The van der Waals surface area contributed by atoms with E-state index in [9.17, 15) is 14.4 Å². The van der Waals surface area contributed by atoms with Gasteiger partial charge in [0.1, 0.15) is 5.56 Å². The summed E-state index contributed by atoms with van der Waals surface area (Å²) in [7, 11) is 1.46. The average molecular weight is 228 g/mol. The van der Waals surface area contributed by atoms with Crippen LogP contribution in [0.5, 0.6) is 0 Å². The summed E-state index contributed by atoms with van der Waals surface area (Å²) in [6.45, 7) is 1.92. The zero-order valence-corrected chi connectivity index (χ0v) is 8.89. The molecule has 0 amide bonds. The minimum Gasteiger partial charge on any atom is -0.477 e. The van der Waals surface area contributed by atoms with E-state index in [0.29, 0.717) is 0 Å². The second kappa shape index (κ2) is 4.75. The molecule has 0 aliphatic heterocycles. The molecule has 0 aliphatic carbocycles. The molecule has 0 saturated heterocycles. The van der Waals surface area contributed by atoms with Gasteiger partial charge < -0.3 is 9.84 Å². The smallest absolute Gasteiger partial charge is 0.342 e. The van der Waals surface area contributed by atoms with Crippen LogP contribution in [0.4, 0.5) is 0 Å². The van der Waals surface area contributed by atoms with Crippen LogP contribution in [0.15, 0.2) is 15.8 Å². The highest BCUT2D eigenvalue weighted by Crippen LogP contribution is 2.01. The summed E-state index contributed by atoms with van der Waals surface area (Å²) >= 11 is 0. The number of aromatic amines is 1. The second-order valence-electron chi connectivity index (χ2n) is 3.32. The van der Waals surface area contributed by atoms with Crippen LogP contribution in [0.1, 0.15) is 23.3 Å². The van der Waals surface area contributed by atoms with Gasteiger partial charge in [-0.3, -0.25) is 14.3 Å². The number of carbonyl (C=O) groups is 1. The molecular weight excluding hydrogens is 216 g/mol. The van der Waals surface area contributed by atoms with Crippen molar-refractivity contribution in [1.29, 1.82) is 0 Å². The number of hydrogen-bond donors (Lipinski definition) is 2. The number of methoxy groups -OCH3 is 1. The Bertz CT molecular complexity index is 501. The molecule has 0 aliphatic rings. The predicted molar refractivity (Wildman–Crippen MR) is 54.9 cm³/mol. The van der Waals surface area contributed by atoms with Crippen molar-refractivity contribution in [3.05, 3.63) is 32.6 Å². The zero-order valence-electron chi connectivity index (χ0n) is 8.89. The molecule has 0 saturated carbocycles. The number of nitrogens with one attached hydrogen (secondary N) is 1. The van der Waals surface area contributed by atoms with E-state index in [1.807, 2.05) is 4.98 Å². The molecule has 1 aromatic rings. The van der Waals surface area contributed by atoms with Gasteiger partial charge in [-0.05, 0) is 6.92 Å². The maximum Gasteiger partial charge on any atom is 0.342 e. The molecule has 1 heterocycles. The van der Waals surface area contributed by atoms with Gasteiger partial charge in [0, 0.05) is 13.3 Å². The fourth-order valence-electron chi connectivity index (χ4n) is 1.29. The fraction of sp³-hybridized carbons (Fsp3) is 0.444. The molecule has 1 rings (SSSR count). The molecule has 7 heteroatoms. The van der Waals surface area contributed by atoms with Crippen molar-refractivity contribution in [2.75, 3.05) is 13.7 Å². The summed E-state index contributed by atoms with van der Waals surface area (Å²) in [5.74, 6) is -1.38. The SMILES string of the molecule is COCC(C)n1cc(C(=O)O)c(=O)[nH]c1=O. The minimum absolute atomic E-state index is 0.241. The average Bonchev–Trinajstić information content (AvgIpc) is 2.17. The van der Waals surface area contributed by atoms with Crippen molar-refractivity contribution < 1.29 is 14.6 Å². The minimum atomic E-state index is -1.38.